The zero-order valence-corrected chi connectivity index (χ0v) is 14.1. The summed E-state index contributed by atoms with van der Waals surface area (Å²) >= 11 is 0. The second-order valence-electron chi connectivity index (χ2n) is 5.79. The molecule has 0 bridgehead atoms. The zero-order valence-electron chi connectivity index (χ0n) is 13.2. The molecule has 3 nitrogen and oxygen atoms in total. The molecule has 0 aliphatic carbocycles. The number of morpholine rings is 1. The van der Waals surface area contributed by atoms with Crippen LogP contribution in [0.3, 0.4) is 0 Å². The van der Waals surface area contributed by atoms with Crippen LogP contribution in [-0.2, 0) is 4.74 Å². The number of benzene rings is 2. The lowest BCUT2D eigenvalue weighted by Crippen LogP contribution is -2.38. The molecule has 1 aliphatic rings. The van der Waals surface area contributed by atoms with Crippen LogP contribution in [0.2, 0.25) is 0 Å². The molecular formula is C18H24ClNO2. The van der Waals surface area contributed by atoms with Crippen molar-refractivity contribution in [2.24, 2.45) is 0 Å². The number of fused-ring (bicyclic) bond motifs is 1. The third-order valence-corrected chi connectivity index (χ3v) is 4.28. The van der Waals surface area contributed by atoms with Gasteiger partial charge in [0.2, 0.25) is 0 Å². The number of nitrogens with zero attached hydrogens (tertiary/aromatic N) is 1. The minimum atomic E-state index is 0. The van der Waals surface area contributed by atoms with Gasteiger partial charge in [0.05, 0.1) is 20.3 Å². The van der Waals surface area contributed by atoms with Crippen molar-refractivity contribution in [1.29, 1.82) is 0 Å². The van der Waals surface area contributed by atoms with Gasteiger partial charge in [-0.2, -0.15) is 0 Å². The van der Waals surface area contributed by atoms with Gasteiger partial charge in [-0.15, -0.1) is 12.4 Å². The lowest BCUT2D eigenvalue weighted by Gasteiger charge is -2.29. The molecular weight excluding hydrogens is 298 g/mol. The maximum atomic E-state index is 5.41. The summed E-state index contributed by atoms with van der Waals surface area (Å²) in [5.74, 6) is 1.45. The molecule has 2 aromatic carbocycles. The number of halogens is 1. The molecule has 4 heteroatoms. The average Bonchev–Trinajstić information content (AvgIpc) is 2.54. The fourth-order valence-electron chi connectivity index (χ4n) is 2.95. The maximum absolute atomic E-state index is 5.41. The normalized spacial score (nSPS) is 17.0. The molecule has 1 unspecified atom stereocenters. The first kappa shape index (κ1) is 17.1. The molecule has 2 aromatic rings. The van der Waals surface area contributed by atoms with Gasteiger partial charge in [0.1, 0.15) is 5.75 Å². The Labute approximate surface area is 138 Å². The number of hydrogen-bond acceptors (Lipinski definition) is 3. The van der Waals surface area contributed by atoms with E-state index >= 15 is 0 Å². The minimum absolute atomic E-state index is 0. The average molecular weight is 322 g/mol. The lowest BCUT2D eigenvalue weighted by molar-refractivity contribution is 0.0357. The SMILES string of the molecule is COc1ccc2cc(C(C)CN3CCOCC3)ccc2c1.Cl. The van der Waals surface area contributed by atoms with Crippen LogP contribution in [0, 0.1) is 0 Å². The van der Waals surface area contributed by atoms with Crippen LogP contribution in [0.5, 0.6) is 5.75 Å². The predicted octanol–water partition coefficient (Wildman–Crippen LogP) is 3.71. The highest BCUT2D eigenvalue weighted by Gasteiger charge is 2.15. The Morgan fingerprint density at radius 1 is 1.09 bits per heavy atom. The second kappa shape index (κ2) is 7.82. The number of methoxy groups -OCH3 is 1. The van der Waals surface area contributed by atoms with Gasteiger partial charge in [0.15, 0.2) is 0 Å². The van der Waals surface area contributed by atoms with Gasteiger partial charge >= 0.3 is 0 Å². The van der Waals surface area contributed by atoms with Crippen molar-refractivity contribution in [3.05, 3.63) is 42.0 Å². The van der Waals surface area contributed by atoms with E-state index in [1.807, 2.05) is 6.07 Å². The van der Waals surface area contributed by atoms with Crippen molar-refractivity contribution in [2.45, 2.75) is 12.8 Å². The first-order valence-corrected chi connectivity index (χ1v) is 7.64. The van der Waals surface area contributed by atoms with E-state index in [1.54, 1.807) is 7.11 Å². The Morgan fingerprint density at radius 3 is 2.50 bits per heavy atom. The Hall–Kier alpha value is -1.29. The van der Waals surface area contributed by atoms with Crippen LogP contribution < -0.4 is 4.74 Å². The first-order chi connectivity index (χ1) is 10.3. The predicted molar refractivity (Wildman–Crippen MR) is 93.4 cm³/mol. The van der Waals surface area contributed by atoms with Crippen LogP contribution in [0.1, 0.15) is 18.4 Å². The molecule has 0 radical (unpaired) electrons. The van der Waals surface area contributed by atoms with Crippen molar-refractivity contribution in [2.75, 3.05) is 40.0 Å². The summed E-state index contributed by atoms with van der Waals surface area (Å²) in [5, 5.41) is 2.51. The lowest BCUT2D eigenvalue weighted by atomic mass is 9.97. The first-order valence-electron chi connectivity index (χ1n) is 7.64. The molecule has 0 saturated carbocycles. The van der Waals surface area contributed by atoms with Crippen molar-refractivity contribution in [1.82, 2.24) is 4.90 Å². The molecule has 1 aliphatic heterocycles. The van der Waals surface area contributed by atoms with Gasteiger partial charge in [0, 0.05) is 19.6 Å². The van der Waals surface area contributed by atoms with Crippen LogP contribution in [0.15, 0.2) is 36.4 Å². The van der Waals surface area contributed by atoms with E-state index < -0.39 is 0 Å². The fraction of sp³-hybridized carbons (Fsp3) is 0.444. The molecule has 1 saturated heterocycles. The number of rotatable bonds is 4. The van der Waals surface area contributed by atoms with Gasteiger partial charge in [-0.3, -0.25) is 4.90 Å². The molecule has 1 fully saturated rings. The molecule has 0 spiro atoms. The Morgan fingerprint density at radius 2 is 1.77 bits per heavy atom. The summed E-state index contributed by atoms with van der Waals surface area (Å²) in [6, 6.07) is 13.0. The van der Waals surface area contributed by atoms with Crippen LogP contribution >= 0.6 is 12.4 Å². The minimum Gasteiger partial charge on any atom is -0.497 e. The van der Waals surface area contributed by atoms with Gasteiger partial charge < -0.3 is 9.47 Å². The van der Waals surface area contributed by atoms with E-state index in [0.29, 0.717) is 5.92 Å². The van der Waals surface area contributed by atoms with E-state index in [4.69, 9.17) is 9.47 Å². The molecule has 0 aromatic heterocycles. The smallest absolute Gasteiger partial charge is 0.119 e. The van der Waals surface area contributed by atoms with E-state index in [0.717, 1.165) is 38.6 Å². The summed E-state index contributed by atoms with van der Waals surface area (Å²) in [7, 11) is 1.71. The highest BCUT2D eigenvalue weighted by Crippen LogP contribution is 2.25. The zero-order chi connectivity index (χ0) is 14.7. The van der Waals surface area contributed by atoms with E-state index in [9.17, 15) is 0 Å². The summed E-state index contributed by atoms with van der Waals surface area (Å²) in [4.78, 5) is 2.49. The topological polar surface area (TPSA) is 21.7 Å². The largest absolute Gasteiger partial charge is 0.497 e. The van der Waals surface area contributed by atoms with E-state index in [-0.39, 0.29) is 12.4 Å². The molecule has 0 N–H and O–H groups in total. The maximum Gasteiger partial charge on any atom is 0.119 e. The third-order valence-electron chi connectivity index (χ3n) is 4.28. The third kappa shape index (κ3) is 3.92. The second-order valence-corrected chi connectivity index (χ2v) is 5.79. The van der Waals surface area contributed by atoms with Gasteiger partial charge in [-0.25, -0.2) is 0 Å². The number of ether oxygens (including phenoxy) is 2. The van der Waals surface area contributed by atoms with Crippen molar-refractivity contribution in [3.8, 4) is 5.75 Å². The molecule has 1 heterocycles. The van der Waals surface area contributed by atoms with Crippen LogP contribution in [0.4, 0.5) is 0 Å². The van der Waals surface area contributed by atoms with Crippen LogP contribution in [-0.4, -0.2) is 44.9 Å². The molecule has 22 heavy (non-hydrogen) atoms. The van der Waals surface area contributed by atoms with Gasteiger partial charge in [0.25, 0.3) is 0 Å². The van der Waals surface area contributed by atoms with Crippen molar-refractivity contribution in [3.63, 3.8) is 0 Å². The summed E-state index contributed by atoms with van der Waals surface area (Å²) in [5.41, 5.74) is 1.40. The fourth-order valence-corrected chi connectivity index (χ4v) is 2.95. The van der Waals surface area contributed by atoms with Crippen molar-refractivity contribution >= 4 is 23.2 Å². The molecule has 0 amide bonds. The molecule has 1 atom stereocenters. The highest BCUT2D eigenvalue weighted by molar-refractivity contribution is 5.85. The summed E-state index contributed by atoms with van der Waals surface area (Å²) in [6.45, 7) is 7.24. The van der Waals surface area contributed by atoms with Crippen molar-refractivity contribution < 1.29 is 9.47 Å². The Bertz CT molecular complexity index is 611. The van der Waals surface area contributed by atoms with Gasteiger partial charge in [-0.1, -0.05) is 31.2 Å². The highest BCUT2D eigenvalue weighted by atomic mass is 35.5. The monoisotopic (exact) mass is 321 g/mol. The quantitative estimate of drug-likeness (QED) is 0.857. The van der Waals surface area contributed by atoms with E-state index in [1.165, 1.54) is 16.3 Å². The molecule has 120 valence electrons. The van der Waals surface area contributed by atoms with E-state index in [2.05, 4.69) is 42.2 Å². The number of hydrogen-bond donors (Lipinski definition) is 0. The Kier molecular flexibility index (Phi) is 6.07. The summed E-state index contributed by atoms with van der Waals surface area (Å²) in [6.07, 6.45) is 0. The molecule has 3 rings (SSSR count). The van der Waals surface area contributed by atoms with Crippen LogP contribution in [0.25, 0.3) is 10.8 Å². The summed E-state index contributed by atoms with van der Waals surface area (Å²) < 4.78 is 10.7. The Balaban J connectivity index is 0.00000176. The van der Waals surface area contributed by atoms with Gasteiger partial charge in [-0.05, 0) is 34.4 Å². The standard InChI is InChI=1S/C18H23NO2.ClH/c1-14(13-19-7-9-21-10-8-19)15-3-4-17-12-18(20-2)6-5-16(17)11-15;/h3-6,11-12,14H,7-10,13H2,1-2H3;1H.